The van der Waals surface area contributed by atoms with Crippen molar-refractivity contribution in [1.82, 2.24) is 29.5 Å². The summed E-state index contributed by atoms with van der Waals surface area (Å²) in [6, 6.07) is 114. The molecular weight excluding hydrogens is 1160 g/mol. The maximum absolute atomic E-state index is 6.84. The van der Waals surface area contributed by atoms with Crippen LogP contribution in [-0.2, 0) is 0 Å². The molecule has 0 amide bonds. The topological polar surface area (TPSA) is 89.0 Å². The second-order valence-electron chi connectivity index (χ2n) is 24.3. The molecule has 19 rings (SSSR count). The van der Waals surface area contributed by atoms with Gasteiger partial charge >= 0.3 is 0 Å². The molecule has 442 valence electrons. The summed E-state index contributed by atoms with van der Waals surface area (Å²) in [6.45, 7) is -0.0175. The van der Waals surface area contributed by atoms with Crippen molar-refractivity contribution in [3.8, 4) is 84.9 Å². The predicted molar refractivity (Wildman–Crippen MR) is 389 cm³/mol. The Hall–Kier alpha value is -12.8. The van der Waals surface area contributed by atoms with Gasteiger partial charge in [-0.3, -0.25) is 0 Å². The van der Waals surface area contributed by atoms with Crippen molar-refractivity contribution in [2.24, 2.45) is 0 Å². The Morgan fingerprint density at radius 1 is 0.284 bits per heavy atom. The number of hydrogen-bond acceptors (Lipinski definition) is 8. The third-order valence-corrected chi connectivity index (χ3v) is 18.8. The molecule has 2 aliphatic rings. The summed E-state index contributed by atoms with van der Waals surface area (Å²) in [6.07, 6.45) is 0. The Bertz CT molecular complexity index is 5710. The van der Waals surface area contributed by atoms with E-state index in [2.05, 4.69) is 269 Å². The van der Waals surface area contributed by atoms with Crippen LogP contribution in [0.4, 0.5) is 34.1 Å². The molecule has 17 aromatic rings. The van der Waals surface area contributed by atoms with E-state index in [-0.39, 0.29) is 6.71 Å². The van der Waals surface area contributed by atoms with E-state index in [4.69, 9.17) is 29.3 Å². The van der Waals surface area contributed by atoms with Crippen LogP contribution in [-0.4, -0.2) is 36.2 Å². The normalized spacial score (nSPS) is 12.4. The highest BCUT2D eigenvalue weighted by atomic mass is 16.3. The van der Waals surface area contributed by atoms with Crippen molar-refractivity contribution in [3.05, 3.63) is 322 Å². The van der Waals surface area contributed by atoms with Crippen LogP contribution in [0, 0.1) is 0 Å². The quantitative estimate of drug-likeness (QED) is 0.125. The molecule has 4 aromatic heterocycles. The number of para-hydroxylation sites is 6. The van der Waals surface area contributed by atoms with Crippen molar-refractivity contribution in [1.29, 1.82) is 0 Å². The van der Waals surface area contributed by atoms with Crippen LogP contribution in [0.3, 0.4) is 0 Å². The SMILES string of the molecule is c1ccc(-c2cc(-c3ccc(-n4c5ccccc5c5c6oc7ccccc7c6ccc54)c(-c4nc(-c5ccccc5)nc(-c5cccc(-c6cc7c8c(c6)N(c6ccccc6)c6ccccc6B8c6ccccc6N7c6ccccc6)c5)n4)c3)nc(-c3ccccc3)n2)cc1. The summed E-state index contributed by atoms with van der Waals surface area (Å²) in [4.78, 5) is 32.2. The molecule has 10 heteroatoms. The minimum absolute atomic E-state index is 0.0175. The van der Waals surface area contributed by atoms with E-state index < -0.39 is 0 Å². The minimum Gasteiger partial charge on any atom is -0.455 e. The first-order chi connectivity index (χ1) is 47.1. The van der Waals surface area contributed by atoms with E-state index >= 15 is 0 Å². The molecule has 0 saturated carbocycles. The van der Waals surface area contributed by atoms with Gasteiger partial charge in [-0.2, -0.15) is 0 Å². The summed E-state index contributed by atoms with van der Waals surface area (Å²) < 4.78 is 9.18. The van der Waals surface area contributed by atoms with Crippen LogP contribution in [0.2, 0.25) is 0 Å². The third-order valence-electron chi connectivity index (χ3n) is 18.8. The summed E-state index contributed by atoms with van der Waals surface area (Å²) in [5.74, 6) is 2.18. The summed E-state index contributed by atoms with van der Waals surface area (Å²) in [5, 5.41) is 4.23. The zero-order chi connectivity index (χ0) is 62.5. The van der Waals surface area contributed by atoms with Gasteiger partial charge in [0.05, 0.1) is 33.5 Å². The number of hydrogen-bond donors (Lipinski definition) is 0. The van der Waals surface area contributed by atoms with Crippen LogP contribution in [0.5, 0.6) is 0 Å². The Balaban J connectivity index is 0.847. The molecule has 0 N–H and O–H groups in total. The van der Waals surface area contributed by atoms with Crippen LogP contribution in [0.15, 0.2) is 326 Å². The minimum atomic E-state index is -0.0175. The first-order valence-corrected chi connectivity index (χ1v) is 32.1. The van der Waals surface area contributed by atoms with Crippen LogP contribution >= 0.6 is 0 Å². The molecule has 0 spiro atoms. The number of fused-ring (bicyclic) bond motifs is 11. The molecule has 6 heterocycles. The maximum atomic E-state index is 6.84. The number of benzene rings is 13. The van der Waals surface area contributed by atoms with E-state index in [0.29, 0.717) is 23.3 Å². The average molecular weight is 1210 g/mol. The van der Waals surface area contributed by atoms with E-state index in [1.165, 1.54) is 16.4 Å². The molecule has 0 atom stereocenters. The smallest absolute Gasteiger partial charge is 0.252 e. The van der Waals surface area contributed by atoms with Crippen LogP contribution < -0.4 is 26.2 Å². The molecule has 0 aliphatic carbocycles. The van der Waals surface area contributed by atoms with Gasteiger partial charge in [0, 0.05) is 83.7 Å². The molecule has 0 unspecified atom stereocenters. The third kappa shape index (κ3) is 8.91. The van der Waals surface area contributed by atoms with Gasteiger partial charge in [0.15, 0.2) is 23.3 Å². The van der Waals surface area contributed by atoms with Gasteiger partial charge in [-0.25, -0.2) is 24.9 Å². The fourth-order valence-electron chi connectivity index (χ4n) is 14.6. The van der Waals surface area contributed by atoms with Crippen molar-refractivity contribution in [2.75, 3.05) is 9.80 Å². The molecule has 95 heavy (non-hydrogen) atoms. The number of anilines is 6. The van der Waals surface area contributed by atoms with Gasteiger partial charge in [0.25, 0.3) is 6.71 Å². The van der Waals surface area contributed by atoms with Gasteiger partial charge in [0.1, 0.15) is 11.2 Å². The van der Waals surface area contributed by atoms with E-state index in [0.717, 1.165) is 139 Å². The monoisotopic (exact) mass is 1210 g/mol. The van der Waals surface area contributed by atoms with Crippen LogP contribution in [0.25, 0.3) is 129 Å². The lowest BCUT2D eigenvalue weighted by atomic mass is 9.33. The van der Waals surface area contributed by atoms with Gasteiger partial charge in [-0.05, 0) is 125 Å². The van der Waals surface area contributed by atoms with Crippen molar-refractivity contribution < 1.29 is 4.42 Å². The van der Waals surface area contributed by atoms with Gasteiger partial charge in [0.2, 0.25) is 0 Å². The van der Waals surface area contributed by atoms with Gasteiger partial charge in [-0.1, -0.05) is 224 Å². The van der Waals surface area contributed by atoms with Crippen LogP contribution in [0.1, 0.15) is 0 Å². The highest BCUT2D eigenvalue weighted by Gasteiger charge is 2.43. The first-order valence-electron chi connectivity index (χ1n) is 32.1. The standard InChI is InChI=1S/C85H53BN8O/c1-6-25-54(26-7-1)69-53-70(88-82(87-69)55-27-8-2-9-28-55)58-45-47-72(94-71-41-20-16-38-65(71)79-75(94)48-46-64-63-37-17-23-44-78(63)95-81(64)79)66(50-58)85-90-83(56-29-10-3-11-30-56)89-84(91-85)59-32-24-31-57(49-59)60-51-76-80-77(52-60)93(62-35-14-5-15-36-62)74-43-22-19-40-68(74)86(80)67-39-18-21-42-73(67)92(76)61-33-12-4-13-34-61/h1-53H. The molecule has 0 saturated heterocycles. The predicted octanol–water partition coefficient (Wildman–Crippen LogP) is 19.4. The molecular formula is C85H53BN8O. The second-order valence-corrected chi connectivity index (χ2v) is 24.3. The molecule has 9 nitrogen and oxygen atoms in total. The highest BCUT2D eigenvalue weighted by Crippen LogP contribution is 2.48. The fourth-order valence-corrected chi connectivity index (χ4v) is 14.6. The zero-order valence-corrected chi connectivity index (χ0v) is 51.2. The Morgan fingerprint density at radius 2 is 0.789 bits per heavy atom. The van der Waals surface area contributed by atoms with E-state index in [9.17, 15) is 0 Å². The highest BCUT2D eigenvalue weighted by molar-refractivity contribution is 7.00. The maximum Gasteiger partial charge on any atom is 0.252 e. The van der Waals surface area contributed by atoms with E-state index in [1.807, 2.05) is 66.7 Å². The molecule has 13 aromatic carbocycles. The molecule has 0 bridgehead atoms. The number of nitrogens with zero attached hydrogens (tertiary/aromatic N) is 8. The second kappa shape index (κ2) is 22.0. The Kier molecular flexibility index (Phi) is 12.5. The largest absolute Gasteiger partial charge is 0.455 e. The summed E-state index contributed by atoms with van der Waals surface area (Å²) in [7, 11) is 0. The van der Waals surface area contributed by atoms with Crippen molar-refractivity contribution >= 4 is 101 Å². The Labute approximate surface area is 547 Å². The van der Waals surface area contributed by atoms with Crippen molar-refractivity contribution in [2.45, 2.75) is 0 Å². The van der Waals surface area contributed by atoms with E-state index in [1.54, 1.807) is 0 Å². The summed E-state index contributed by atoms with van der Waals surface area (Å²) >= 11 is 0. The lowest BCUT2D eigenvalue weighted by Gasteiger charge is -2.44. The number of aromatic nitrogens is 6. The zero-order valence-electron chi connectivity index (χ0n) is 51.2. The molecule has 2 aliphatic heterocycles. The first kappa shape index (κ1) is 54.0. The number of rotatable bonds is 10. The lowest BCUT2D eigenvalue weighted by Crippen LogP contribution is -2.61. The van der Waals surface area contributed by atoms with Crippen molar-refractivity contribution in [3.63, 3.8) is 0 Å². The van der Waals surface area contributed by atoms with Gasteiger partial charge in [-0.15, -0.1) is 0 Å². The Morgan fingerprint density at radius 3 is 1.44 bits per heavy atom. The fraction of sp³-hybridized carbons (Fsp3) is 0. The lowest BCUT2D eigenvalue weighted by molar-refractivity contribution is 0.673. The molecule has 0 fully saturated rings. The summed E-state index contributed by atoms with van der Waals surface area (Å²) in [5.41, 5.74) is 23.9. The van der Waals surface area contributed by atoms with Gasteiger partial charge < -0.3 is 18.8 Å². The average Bonchev–Trinajstić information content (AvgIpc) is 0.949. The number of furan rings is 1. The molecule has 0 radical (unpaired) electrons.